The maximum Gasteiger partial charge on any atom is 0.349 e. The van der Waals surface area contributed by atoms with Crippen LogP contribution in [0.15, 0.2) is 89.4 Å². The molecule has 4 aromatic rings. The summed E-state index contributed by atoms with van der Waals surface area (Å²) in [6.07, 6.45) is 0. The molecule has 0 saturated heterocycles. The normalized spacial score (nSPS) is 10.7. The Morgan fingerprint density at radius 1 is 0.875 bits per heavy atom. The topological polar surface area (TPSA) is 64.1 Å². The van der Waals surface area contributed by atoms with Crippen molar-refractivity contribution in [1.29, 1.82) is 0 Å². The lowest BCUT2D eigenvalue weighted by molar-refractivity contribution is -0.669. The summed E-state index contributed by atoms with van der Waals surface area (Å²) in [5, 5.41) is 12.5. The van der Waals surface area contributed by atoms with Gasteiger partial charge in [-0.1, -0.05) is 64.5 Å². The number of hydrogen-bond donors (Lipinski definition) is 0. The molecule has 0 fully saturated rings. The lowest BCUT2D eigenvalue weighted by Crippen LogP contribution is -2.38. The number of nitro groups is 1. The van der Waals surface area contributed by atoms with Gasteiger partial charge in [0, 0.05) is 17.0 Å². The van der Waals surface area contributed by atoms with Crippen LogP contribution in [-0.2, 0) is 7.05 Å². The van der Waals surface area contributed by atoms with Crippen LogP contribution in [0.4, 0.5) is 5.69 Å². The van der Waals surface area contributed by atoms with Crippen LogP contribution in [0.5, 0.6) is 0 Å². The quantitative estimate of drug-likeness (QED) is 0.149. The number of carbonyl (C=O) groups is 1. The first kappa shape index (κ1) is 21.6. The molecule has 6 heteroatoms. The highest BCUT2D eigenvalue weighted by Gasteiger charge is 2.38. The number of hydrogen-bond acceptors (Lipinski definition) is 3. The van der Waals surface area contributed by atoms with Gasteiger partial charge in [-0.05, 0) is 42.0 Å². The molecule has 0 aliphatic carbocycles. The van der Waals surface area contributed by atoms with Crippen molar-refractivity contribution >= 4 is 27.4 Å². The Bertz CT molecular complexity index is 1320. The maximum absolute atomic E-state index is 13.7. The molecule has 32 heavy (non-hydrogen) atoms. The van der Waals surface area contributed by atoms with Crippen molar-refractivity contribution in [2.45, 2.75) is 6.92 Å². The number of halogens is 1. The second-order valence-electron chi connectivity index (χ2n) is 7.42. The second-order valence-corrected chi connectivity index (χ2v) is 8.33. The van der Waals surface area contributed by atoms with Crippen LogP contribution < -0.4 is 4.57 Å². The Hall–Kier alpha value is -3.64. The molecule has 4 rings (SSSR count). The summed E-state index contributed by atoms with van der Waals surface area (Å²) in [6.45, 7) is 1.83. The Morgan fingerprint density at radius 3 is 1.94 bits per heavy atom. The number of rotatable bonds is 5. The van der Waals surface area contributed by atoms with Gasteiger partial charge in [-0.3, -0.25) is 14.9 Å². The first-order valence-corrected chi connectivity index (χ1v) is 10.8. The minimum absolute atomic E-state index is 0.0871. The first-order chi connectivity index (χ1) is 15.4. The van der Waals surface area contributed by atoms with Crippen molar-refractivity contribution in [3.63, 3.8) is 0 Å². The van der Waals surface area contributed by atoms with Crippen LogP contribution in [0, 0.1) is 17.0 Å². The van der Waals surface area contributed by atoms with Gasteiger partial charge in [0.1, 0.15) is 12.6 Å². The molecule has 0 saturated carbocycles. The molecule has 1 heterocycles. The van der Waals surface area contributed by atoms with Crippen molar-refractivity contribution in [2.24, 2.45) is 7.05 Å². The smallest absolute Gasteiger partial charge is 0.288 e. The molecule has 3 aromatic carbocycles. The van der Waals surface area contributed by atoms with Crippen LogP contribution in [0.2, 0.25) is 0 Å². The summed E-state index contributed by atoms with van der Waals surface area (Å²) < 4.78 is 2.59. The molecule has 1 aromatic heterocycles. The molecule has 0 aliphatic heterocycles. The fourth-order valence-corrected chi connectivity index (χ4v) is 4.19. The number of benzene rings is 3. The SMILES string of the molecule is Cc1c(C(=O)c2ccc(Br)cc2)c(-c2ccccc2)c([N+](=O)[O-])c(-c2ccccc2)[n+]1C. The van der Waals surface area contributed by atoms with E-state index in [0.717, 1.165) is 4.47 Å². The Labute approximate surface area is 194 Å². The highest BCUT2D eigenvalue weighted by atomic mass is 79.9. The molecule has 0 bridgehead atoms. The molecule has 0 amide bonds. The third-order valence-corrected chi connectivity index (χ3v) is 6.07. The largest absolute Gasteiger partial charge is 0.349 e. The zero-order chi connectivity index (χ0) is 22.8. The van der Waals surface area contributed by atoms with Gasteiger partial charge in [0.05, 0.1) is 16.1 Å². The van der Waals surface area contributed by atoms with Crippen LogP contribution in [0.3, 0.4) is 0 Å². The van der Waals surface area contributed by atoms with Crippen LogP contribution in [0.1, 0.15) is 21.6 Å². The van der Waals surface area contributed by atoms with E-state index in [-0.39, 0.29) is 16.4 Å². The minimum atomic E-state index is -0.386. The van der Waals surface area contributed by atoms with E-state index in [1.54, 1.807) is 48.0 Å². The molecular weight excluding hydrogens is 468 g/mol. The van der Waals surface area contributed by atoms with Gasteiger partial charge in [-0.25, -0.2) is 0 Å². The second kappa shape index (κ2) is 8.85. The average Bonchev–Trinajstić information content (AvgIpc) is 2.81. The molecule has 5 nitrogen and oxygen atoms in total. The van der Waals surface area contributed by atoms with E-state index < -0.39 is 0 Å². The third kappa shape index (κ3) is 3.85. The first-order valence-electron chi connectivity index (χ1n) is 10.0. The van der Waals surface area contributed by atoms with E-state index in [1.807, 2.05) is 55.5 Å². The predicted octanol–water partition coefficient (Wildman–Crippen LogP) is 6.06. The van der Waals surface area contributed by atoms with Gasteiger partial charge in [-0.15, -0.1) is 0 Å². The fourth-order valence-electron chi connectivity index (χ4n) is 3.93. The van der Waals surface area contributed by atoms with Crippen molar-refractivity contribution in [1.82, 2.24) is 0 Å². The van der Waals surface area contributed by atoms with Crippen LogP contribution in [0.25, 0.3) is 22.4 Å². The molecule has 0 radical (unpaired) electrons. The maximum atomic E-state index is 13.7. The van der Waals surface area contributed by atoms with Crippen LogP contribution in [-0.4, -0.2) is 10.7 Å². The van der Waals surface area contributed by atoms with Crippen molar-refractivity contribution in [2.75, 3.05) is 0 Å². The number of nitrogens with zero attached hydrogens (tertiary/aromatic N) is 2. The Kier molecular flexibility index (Phi) is 5.97. The van der Waals surface area contributed by atoms with E-state index in [2.05, 4.69) is 15.9 Å². The average molecular weight is 488 g/mol. The Morgan fingerprint density at radius 2 is 1.41 bits per heavy atom. The minimum Gasteiger partial charge on any atom is -0.288 e. The van der Waals surface area contributed by atoms with Crippen molar-refractivity contribution in [3.05, 3.63) is 116 Å². The highest BCUT2D eigenvalue weighted by Crippen LogP contribution is 2.40. The summed E-state index contributed by atoms with van der Waals surface area (Å²) in [4.78, 5) is 25.8. The monoisotopic (exact) mass is 487 g/mol. The summed E-state index contributed by atoms with van der Waals surface area (Å²) in [7, 11) is 1.76. The van der Waals surface area contributed by atoms with E-state index >= 15 is 0 Å². The highest BCUT2D eigenvalue weighted by molar-refractivity contribution is 9.10. The molecule has 0 atom stereocenters. The predicted molar refractivity (Wildman–Crippen MR) is 127 cm³/mol. The third-order valence-electron chi connectivity index (χ3n) is 5.54. The van der Waals surface area contributed by atoms with E-state index in [0.29, 0.717) is 39.2 Å². The van der Waals surface area contributed by atoms with Gasteiger partial charge in [0.2, 0.25) is 0 Å². The molecule has 0 unspecified atom stereocenters. The van der Waals surface area contributed by atoms with Crippen molar-refractivity contribution < 1.29 is 14.3 Å². The van der Waals surface area contributed by atoms with E-state index in [4.69, 9.17) is 0 Å². The molecule has 0 N–H and O–H groups in total. The summed E-state index contributed by atoms with van der Waals surface area (Å²) in [6, 6.07) is 25.3. The zero-order valence-electron chi connectivity index (χ0n) is 17.6. The van der Waals surface area contributed by atoms with E-state index in [9.17, 15) is 14.9 Å². The molecule has 158 valence electrons. The fraction of sp³-hybridized carbons (Fsp3) is 0.0769. The number of pyridine rings is 1. The lowest BCUT2D eigenvalue weighted by atomic mass is 9.89. The van der Waals surface area contributed by atoms with Crippen LogP contribution >= 0.6 is 15.9 Å². The summed E-state index contributed by atoms with van der Waals surface area (Å²) in [5.74, 6) is -0.257. The molecular formula is C26H20BrN2O3+. The molecule has 0 spiro atoms. The Balaban J connectivity index is 2.14. The molecule has 0 aliphatic rings. The van der Waals surface area contributed by atoms with Crippen molar-refractivity contribution in [3.8, 4) is 22.4 Å². The standard InChI is InChI=1S/C26H20BrN2O3/c1-17-22(26(30)20-13-15-21(27)16-14-20)23(18-9-5-3-6-10-18)25(29(31)32)24(28(17)2)19-11-7-4-8-12-19/h3-16H,1-2H3/q+1. The van der Waals surface area contributed by atoms with Gasteiger partial charge in [0.15, 0.2) is 11.5 Å². The number of ketones is 1. The van der Waals surface area contributed by atoms with Gasteiger partial charge in [-0.2, -0.15) is 4.57 Å². The number of aromatic nitrogens is 1. The van der Waals surface area contributed by atoms with Gasteiger partial charge < -0.3 is 0 Å². The van der Waals surface area contributed by atoms with E-state index in [1.165, 1.54) is 0 Å². The zero-order valence-corrected chi connectivity index (χ0v) is 19.2. The number of carbonyl (C=O) groups excluding carboxylic acids is 1. The summed E-state index contributed by atoms with van der Waals surface area (Å²) in [5.41, 5.74) is 3.49. The lowest BCUT2D eigenvalue weighted by Gasteiger charge is -2.15. The van der Waals surface area contributed by atoms with Gasteiger partial charge in [0.25, 0.3) is 5.69 Å². The van der Waals surface area contributed by atoms with Gasteiger partial charge >= 0.3 is 5.69 Å². The summed E-state index contributed by atoms with van der Waals surface area (Å²) >= 11 is 3.39.